The number of thiol groups is 1. The van der Waals surface area contributed by atoms with Crippen molar-refractivity contribution in [1.29, 1.82) is 0 Å². The molecule has 0 aliphatic carbocycles. The molecule has 0 atom stereocenters. The minimum Gasteiger partial charge on any atom is -0.143 e. The monoisotopic (exact) mass is 644 g/mol. The van der Waals surface area contributed by atoms with Crippen LogP contribution in [0.1, 0.15) is 71.7 Å². The molecule has 0 N–H and O–H groups in total. The van der Waals surface area contributed by atoms with Crippen molar-refractivity contribution in [2.45, 2.75) is 80.6 Å². The number of allylic oxidation sites excluding steroid dienone is 4. The summed E-state index contributed by atoms with van der Waals surface area (Å²) in [5.41, 5.74) is 19.7. The third-order valence-corrected chi connectivity index (χ3v) is 8.90. The fourth-order valence-electron chi connectivity index (χ4n) is 5.82. The highest BCUT2D eigenvalue weighted by atomic mass is 32.1. The molecule has 5 aromatic rings. The average Bonchev–Trinajstić information content (AvgIpc) is 3.05. The minimum absolute atomic E-state index is 0.796. The summed E-state index contributed by atoms with van der Waals surface area (Å²) >= 11 is 4.38. The molecular formula is C45H50B2S. The summed E-state index contributed by atoms with van der Waals surface area (Å²) in [7, 11) is 11.7. The molecule has 0 aliphatic rings. The van der Waals surface area contributed by atoms with Crippen molar-refractivity contribution in [2.24, 2.45) is 0 Å². The van der Waals surface area contributed by atoms with Gasteiger partial charge in [0.2, 0.25) is 0 Å². The Morgan fingerprint density at radius 3 is 1.48 bits per heavy atom. The minimum atomic E-state index is 0.796. The van der Waals surface area contributed by atoms with Gasteiger partial charge in [-0.1, -0.05) is 120 Å². The highest BCUT2D eigenvalue weighted by Crippen LogP contribution is 2.29. The first-order chi connectivity index (χ1) is 22.7. The third kappa shape index (κ3) is 10.5. The molecule has 242 valence electrons. The Morgan fingerprint density at radius 2 is 0.979 bits per heavy atom. The quantitative estimate of drug-likeness (QED) is 0.110. The average molecular weight is 645 g/mol. The Balaban J connectivity index is 0.000000195. The van der Waals surface area contributed by atoms with Gasteiger partial charge in [0, 0.05) is 4.90 Å². The van der Waals surface area contributed by atoms with E-state index >= 15 is 0 Å². The number of benzene rings is 5. The van der Waals surface area contributed by atoms with Crippen LogP contribution >= 0.6 is 12.6 Å². The van der Waals surface area contributed by atoms with Crippen molar-refractivity contribution in [3.8, 4) is 22.3 Å². The van der Waals surface area contributed by atoms with E-state index in [2.05, 4.69) is 161 Å². The molecule has 3 heteroatoms. The molecule has 0 aliphatic heterocycles. The molecule has 0 saturated carbocycles. The Labute approximate surface area is 299 Å². The molecule has 0 unspecified atom stereocenters. The van der Waals surface area contributed by atoms with Crippen LogP contribution in [0.15, 0.2) is 114 Å². The SMILES string of the molecule is Cc1ccc(C)c(-c2cc(C)ccc2C)c1.[B]c1ccc(C)c(-c2cc(S)ccc2C)c1.[B]c1ccc(C)c(C(=C/C)/C(C)=C\CC)c1. The van der Waals surface area contributed by atoms with Gasteiger partial charge >= 0.3 is 0 Å². The van der Waals surface area contributed by atoms with Crippen LogP contribution in [0.25, 0.3) is 27.8 Å². The van der Waals surface area contributed by atoms with E-state index in [-0.39, 0.29) is 0 Å². The number of hydrogen-bond donors (Lipinski definition) is 1. The highest BCUT2D eigenvalue weighted by Gasteiger charge is 2.08. The first-order valence-electron chi connectivity index (χ1n) is 16.8. The first-order valence-corrected chi connectivity index (χ1v) is 17.2. The molecule has 5 rings (SSSR count). The summed E-state index contributed by atoms with van der Waals surface area (Å²) in [5.74, 6) is 0. The molecule has 48 heavy (non-hydrogen) atoms. The van der Waals surface area contributed by atoms with Crippen molar-refractivity contribution < 1.29 is 0 Å². The van der Waals surface area contributed by atoms with E-state index in [9.17, 15) is 0 Å². The summed E-state index contributed by atoms with van der Waals surface area (Å²) in [6.45, 7) is 21.4. The lowest BCUT2D eigenvalue weighted by Crippen LogP contribution is -2.04. The number of aryl methyl sites for hydroxylation is 7. The van der Waals surface area contributed by atoms with Crippen molar-refractivity contribution in [1.82, 2.24) is 0 Å². The second-order valence-electron chi connectivity index (χ2n) is 12.8. The van der Waals surface area contributed by atoms with Gasteiger partial charge in [0.15, 0.2) is 0 Å². The smallest absolute Gasteiger partial charge is 0.113 e. The van der Waals surface area contributed by atoms with Crippen molar-refractivity contribution >= 4 is 44.8 Å². The van der Waals surface area contributed by atoms with Gasteiger partial charge in [-0.25, -0.2) is 0 Å². The van der Waals surface area contributed by atoms with Gasteiger partial charge < -0.3 is 0 Å². The molecular weight excluding hydrogens is 594 g/mol. The van der Waals surface area contributed by atoms with Crippen LogP contribution in [-0.2, 0) is 0 Å². The van der Waals surface area contributed by atoms with Crippen LogP contribution < -0.4 is 10.9 Å². The predicted molar refractivity (Wildman–Crippen MR) is 219 cm³/mol. The van der Waals surface area contributed by atoms with E-state index in [1.54, 1.807) is 0 Å². The van der Waals surface area contributed by atoms with Gasteiger partial charge in [0.1, 0.15) is 15.7 Å². The molecule has 0 saturated heterocycles. The standard InChI is InChI=1S/C16H18.C15H19B.C14H13BS/c1-11-5-7-13(3)15(9-11)16-10-12(2)6-8-14(16)4;1-5-7-11(3)14(6-2)15-10-13(16)9-8-12(15)4;1-9-3-5-11(15)7-13(9)14-8-12(16)6-4-10(14)2/h5-10H,1-4H3;6-10H,5H2,1-4H3;3-8,16H,1-2H3/b;11-7-,14-6+;. The molecule has 4 radical (unpaired) electrons. The number of hydrogen-bond acceptors (Lipinski definition) is 1. The van der Waals surface area contributed by atoms with Crippen molar-refractivity contribution in [2.75, 3.05) is 0 Å². The molecule has 0 spiro atoms. The van der Waals surface area contributed by atoms with Gasteiger partial charge in [-0.2, -0.15) is 0 Å². The molecule has 0 bridgehead atoms. The van der Waals surface area contributed by atoms with E-state index < -0.39 is 0 Å². The normalized spacial score (nSPS) is 11.3. The fourth-order valence-corrected chi connectivity index (χ4v) is 6.03. The Kier molecular flexibility index (Phi) is 14.4. The lowest BCUT2D eigenvalue weighted by molar-refractivity contribution is 1.20. The van der Waals surface area contributed by atoms with Crippen molar-refractivity contribution in [3.05, 3.63) is 153 Å². The molecule has 0 amide bonds. The second-order valence-corrected chi connectivity index (χ2v) is 13.3. The zero-order valence-corrected chi connectivity index (χ0v) is 31.5. The molecule has 0 heterocycles. The van der Waals surface area contributed by atoms with Crippen LogP contribution in [0, 0.1) is 48.5 Å². The fraction of sp³-hybridized carbons (Fsp3) is 0.244. The zero-order valence-electron chi connectivity index (χ0n) is 30.6. The zero-order chi connectivity index (χ0) is 35.5. The van der Waals surface area contributed by atoms with Crippen LogP contribution in [-0.4, -0.2) is 15.7 Å². The third-order valence-electron chi connectivity index (χ3n) is 8.62. The lowest BCUT2D eigenvalue weighted by Gasteiger charge is -2.12. The lowest BCUT2D eigenvalue weighted by atomic mass is 9.87. The van der Waals surface area contributed by atoms with Crippen molar-refractivity contribution in [3.63, 3.8) is 0 Å². The Morgan fingerprint density at radius 1 is 0.562 bits per heavy atom. The van der Waals surface area contributed by atoms with E-state index in [0.29, 0.717) is 0 Å². The van der Waals surface area contributed by atoms with E-state index in [1.165, 1.54) is 77.9 Å². The molecule has 0 nitrogen and oxygen atoms in total. The largest absolute Gasteiger partial charge is 0.143 e. The van der Waals surface area contributed by atoms with Crippen LogP contribution in [0.5, 0.6) is 0 Å². The highest BCUT2D eigenvalue weighted by molar-refractivity contribution is 7.80. The molecule has 0 fully saturated rings. The van der Waals surface area contributed by atoms with Gasteiger partial charge in [-0.15, -0.1) is 12.6 Å². The van der Waals surface area contributed by atoms with E-state index in [1.807, 2.05) is 24.3 Å². The van der Waals surface area contributed by atoms with Crippen LogP contribution in [0.3, 0.4) is 0 Å². The maximum Gasteiger partial charge on any atom is 0.113 e. The predicted octanol–water partition coefficient (Wildman–Crippen LogP) is 11.2. The summed E-state index contributed by atoms with van der Waals surface area (Å²) in [4.78, 5) is 0.974. The van der Waals surface area contributed by atoms with Crippen LogP contribution in [0.4, 0.5) is 0 Å². The van der Waals surface area contributed by atoms with Gasteiger partial charge in [-0.3, -0.25) is 0 Å². The van der Waals surface area contributed by atoms with E-state index in [0.717, 1.165) is 22.2 Å². The summed E-state index contributed by atoms with van der Waals surface area (Å²) < 4.78 is 0. The first kappa shape index (κ1) is 38.5. The molecule has 0 aromatic heterocycles. The summed E-state index contributed by atoms with van der Waals surface area (Å²) in [6, 6.07) is 31.5. The van der Waals surface area contributed by atoms with Gasteiger partial charge in [0.25, 0.3) is 0 Å². The van der Waals surface area contributed by atoms with Crippen LogP contribution in [0.2, 0.25) is 0 Å². The second kappa shape index (κ2) is 18.0. The number of rotatable bonds is 5. The van der Waals surface area contributed by atoms with E-state index in [4.69, 9.17) is 15.7 Å². The van der Waals surface area contributed by atoms with Gasteiger partial charge in [-0.05, 0) is 148 Å². The summed E-state index contributed by atoms with van der Waals surface area (Å²) in [6.07, 6.45) is 5.46. The Hall–Kier alpha value is -3.94. The van der Waals surface area contributed by atoms with Gasteiger partial charge in [0.05, 0.1) is 0 Å². The topological polar surface area (TPSA) is 0 Å². The Bertz CT molecular complexity index is 1730. The maximum absolute atomic E-state index is 5.85. The summed E-state index contributed by atoms with van der Waals surface area (Å²) in [5, 5.41) is 0. The maximum atomic E-state index is 5.85. The molecule has 5 aromatic carbocycles.